The molecule has 0 bridgehead atoms. The normalized spacial score (nSPS) is 18.8. The Bertz CT molecular complexity index is 500. The molecule has 0 saturated carbocycles. The number of piperidine rings is 1. The number of rotatable bonds is 4. The quantitative estimate of drug-likeness (QED) is 0.784. The Morgan fingerprint density at radius 3 is 2.85 bits per heavy atom. The zero-order chi connectivity index (χ0) is 14.5. The molecule has 1 saturated heterocycles. The second-order valence-electron chi connectivity index (χ2n) is 4.86. The fourth-order valence-corrected chi connectivity index (χ4v) is 2.45. The molecule has 1 atom stereocenters. The van der Waals surface area contributed by atoms with E-state index in [2.05, 4.69) is 4.74 Å². The molecular weight excluding hydrogens is 258 g/mol. The van der Waals surface area contributed by atoms with Gasteiger partial charge >= 0.3 is 5.97 Å². The van der Waals surface area contributed by atoms with Crippen LogP contribution in [0.1, 0.15) is 24.3 Å². The maximum atomic E-state index is 12.1. The molecule has 1 aromatic rings. The summed E-state index contributed by atoms with van der Waals surface area (Å²) in [5.74, 6) is 0.603. The Morgan fingerprint density at radius 1 is 1.40 bits per heavy atom. The molecule has 0 spiro atoms. The molecule has 0 aliphatic carbocycles. The van der Waals surface area contributed by atoms with Crippen molar-refractivity contribution in [2.24, 2.45) is 0 Å². The molecule has 5 heteroatoms. The molecule has 1 amide bonds. The number of carbonyl (C=O) groups excluding carboxylic acids is 2. The second kappa shape index (κ2) is 6.41. The first-order valence-corrected chi connectivity index (χ1v) is 6.62. The summed E-state index contributed by atoms with van der Waals surface area (Å²) >= 11 is 0. The van der Waals surface area contributed by atoms with Gasteiger partial charge in [0.15, 0.2) is 0 Å². The lowest BCUT2D eigenvalue weighted by atomic mass is 9.89. The first-order valence-electron chi connectivity index (χ1n) is 6.62. The zero-order valence-corrected chi connectivity index (χ0v) is 11.8. The van der Waals surface area contributed by atoms with Crippen LogP contribution < -0.4 is 4.74 Å². The minimum atomic E-state index is -0.377. The maximum Gasteiger partial charge on any atom is 0.325 e. The van der Waals surface area contributed by atoms with E-state index < -0.39 is 0 Å². The predicted molar refractivity (Wildman–Crippen MR) is 73.6 cm³/mol. The number of nitrogens with zero attached hydrogens (tertiary/aromatic N) is 1. The highest BCUT2D eigenvalue weighted by molar-refractivity contribution is 5.83. The predicted octanol–water partition coefficient (Wildman–Crippen LogP) is 1.57. The largest absolute Gasteiger partial charge is 0.497 e. The lowest BCUT2D eigenvalue weighted by Crippen LogP contribution is -2.41. The highest BCUT2D eigenvalue weighted by Gasteiger charge is 2.28. The monoisotopic (exact) mass is 277 g/mol. The molecule has 108 valence electrons. The number of methoxy groups -OCH3 is 2. The van der Waals surface area contributed by atoms with Crippen molar-refractivity contribution in [3.05, 3.63) is 29.8 Å². The lowest BCUT2D eigenvalue weighted by molar-refractivity contribution is -0.148. The van der Waals surface area contributed by atoms with E-state index >= 15 is 0 Å². The van der Waals surface area contributed by atoms with Crippen molar-refractivity contribution in [1.82, 2.24) is 4.90 Å². The van der Waals surface area contributed by atoms with E-state index in [1.807, 2.05) is 24.3 Å². The van der Waals surface area contributed by atoms with E-state index in [0.29, 0.717) is 13.0 Å². The van der Waals surface area contributed by atoms with Gasteiger partial charge in [-0.2, -0.15) is 0 Å². The average Bonchev–Trinajstić information content (AvgIpc) is 2.49. The molecule has 20 heavy (non-hydrogen) atoms. The summed E-state index contributed by atoms with van der Waals surface area (Å²) in [6, 6.07) is 7.79. The molecule has 1 aliphatic rings. The molecule has 1 fully saturated rings. The minimum absolute atomic E-state index is 0.00512. The first-order chi connectivity index (χ1) is 9.63. The van der Waals surface area contributed by atoms with E-state index in [1.165, 1.54) is 7.11 Å². The summed E-state index contributed by atoms with van der Waals surface area (Å²) in [4.78, 5) is 24.9. The Kier molecular flexibility index (Phi) is 4.61. The third kappa shape index (κ3) is 3.29. The van der Waals surface area contributed by atoms with Crippen LogP contribution in [-0.4, -0.2) is 44.1 Å². The molecule has 5 nitrogen and oxygen atoms in total. The molecule has 0 aromatic heterocycles. The van der Waals surface area contributed by atoms with E-state index in [4.69, 9.17) is 4.74 Å². The third-order valence-electron chi connectivity index (χ3n) is 3.63. The van der Waals surface area contributed by atoms with Gasteiger partial charge in [0.2, 0.25) is 5.91 Å². The minimum Gasteiger partial charge on any atom is -0.497 e. The number of benzene rings is 1. The van der Waals surface area contributed by atoms with Crippen LogP contribution in [0.2, 0.25) is 0 Å². The van der Waals surface area contributed by atoms with Crippen LogP contribution >= 0.6 is 0 Å². The summed E-state index contributed by atoms with van der Waals surface area (Å²) in [6.07, 6.45) is 1.26. The van der Waals surface area contributed by atoms with Crippen molar-refractivity contribution in [1.29, 1.82) is 0 Å². The smallest absolute Gasteiger partial charge is 0.325 e. The van der Waals surface area contributed by atoms with E-state index in [1.54, 1.807) is 12.0 Å². The van der Waals surface area contributed by atoms with Crippen LogP contribution in [0.15, 0.2) is 24.3 Å². The summed E-state index contributed by atoms with van der Waals surface area (Å²) in [5.41, 5.74) is 1.11. The maximum absolute atomic E-state index is 12.1. The van der Waals surface area contributed by atoms with Crippen LogP contribution in [0.25, 0.3) is 0 Å². The molecule has 0 N–H and O–H groups in total. The Morgan fingerprint density at radius 2 is 2.20 bits per heavy atom. The highest BCUT2D eigenvalue weighted by Crippen LogP contribution is 2.30. The summed E-state index contributed by atoms with van der Waals surface area (Å²) in [5, 5.41) is 0. The summed E-state index contributed by atoms with van der Waals surface area (Å²) < 4.78 is 9.80. The topological polar surface area (TPSA) is 55.8 Å². The fourth-order valence-electron chi connectivity index (χ4n) is 2.45. The van der Waals surface area contributed by atoms with Crippen LogP contribution in [0.5, 0.6) is 5.75 Å². The fraction of sp³-hybridized carbons (Fsp3) is 0.467. The number of likely N-dealkylation sites (tertiary alicyclic amines) is 1. The van der Waals surface area contributed by atoms with Gasteiger partial charge in [0, 0.05) is 13.0 Å². The van der Waals surface area contributed by atoms with Crippen molar-refractivity contribution < 1.29 is 19.1 Å². The molecule has 1 aromatic carbocycles. The second-order valence-corrected chi connectivity index (χ2v) is 4.86. The number of carbonyl (C=O) groups is 2. The number of hydrogen-bond acceptors (Lipinski definition) is 4. The van der Waals surface area contributed by atoms with Crippen molar-refractivity contribution >= 4 is 11.9 Å². The van der Waals surface area contributed by atoms with Crippen molar-refractivity contribution in [2.75, 3.05) is 27.3 Å². The third-order valence-corrected chi connectivity index (χ3v) is 3.63. The van der Waals surface area contributed by atoms with Crippen molar-refractivity contribution in [2.45, 2.75) is 18.8 Å². The van der Waals surface area contributed by atoms with Gasteiger partial charge in [-0.25, -0.2) is 0 Å². The van der Waals surface area contributed by atoms with Gasteiger partial charge in [-0.3, -0.25) is 9.59 Å². The number of esters is 1. The average molecular weight is 277 g/mol. The van der Waals surface area contributed by atoms with Gasteiger partial charge in [-0.1, -0.05) is 12.1 Å². The van der Waals surface area contributed by atoms with Gasteiger partial charge in [0.05, 0.1) is 14.2 Å². The van der Waals surface area contributed by atoms with E-state index in [-0.39, 0.29) is 24.3 Å². The molecule has 1 heterocycles. The molecule has 0 radical (unpaired) electrons. The summed E-state index contributed by atoms with van der Waals surface area (Å²) in [6.45, 7) is 0.621. The SMILES string of the molecule is COC(=O)CN1CC[C@H](c2cccc(OC)c2)CC1=O. The van der Waals surface area contributed by atoms with Gasteiger partial charge in [0.25, 0.3) is 0 Å². The number of ether oxygens (including phenoxy) is 2. The van der Waals surface area contributed by atoms with Gasteiger partial charge in [0.1, 0.15) is 12.3 Å². The Labute approximate surface area is 118 Å². The lowest BCUT2D eigenvalue weighted by Gasteiger charge is -2.31. The summed E-state index contributed by atoms with van der Waals surface area (Å²) in [7, 11) is 2.96. The van der Waals surface area contributed by atoms with Gasteiger partial charge in [-0.15, -0.1) is 0 Å². The van der Waals surface area contributed by atoms with Crippen molar-refractivity contribution in [3.8, 4) is 5.75 Å². The standard InChI is InChI=1S/C15H19NO4/c1-19-13-5-3-4-11(8-13)12-6-7-16(14(17)9-12)10-15(18)20-2/h3-5,8,12H,6-7,9-10H2,1-2H3/t12-/m0/s1. The van der Waals surface area contributed by atoms with E-state index in [0.717, 1.165) is 17.7 Å². The van der Waals surface area contributed by atoms with Crippen LogP contribution in [-0.2, 0) is 14.3 Å². The molecule has 2 rings (SSSR count). The number of amides is 1. The molecule has 1 aliphatic heterocycles. The van der Waals surface area contributed by atoms with Crippen LogP contribution in [0.3, 0.4) is 0 Å². The molecular formula is C15H19NO4. The first kappa shape index (κ1) is 14.4. The van der Waals surface area contributed by atoms with Crippen LogP contribution in [0.4, 0.5) is 0 Å². The van der Waals surface area contributed by atoms with Crippen LogP contribution in [0, 0.1) is 0 Å². The van der Waals surface area contributed by atoms with E-state index in [9.17, 15) is 9.59 Å². The zero-order valence-electron chi connectivity index (χ0n) is 11.8. The highest BCUT2D eigenvalue weighted by atomic mass is 16.5. The van der Waals surface area contributed by atoms with Crippen molar-refractivity contribution in [3.63, 3.8) is 0 Å². The van der Waals surface area contributed by atoms with Gasteiger partial charge in [-0.05, 0) is 30.0 Å². The Balaban J connectivity index is 2.01. The molecule has 0 unspecified atom stereocenters. The number of hydrogen-bond donors (Lipinski definition) is 0. The van der Waals surface area contributed by atoms with Gasteiger partial charge < -0.3 is 14.4 Å². The Hall–Kier alpha value is -2.04.